The molecule has 1 saturated carbocycles. The van der Waals surface area contributed by atoms with Gasteiger partial charge in [0.05, 0.1) is 6.42 Å². The van der Waals surface area contributed by atoms with Crippen molar-refractivity contribution in [3.8, 4) is 0 Å². The number of hydrogen-bond acceptors (Lipinski definition) is 3. The maximum absolute atomic E-state index is 10.6. The molecule has 0 aromatic carbocycles. The van der Waals surface area contributed by atoms with E-state index in [1.807, 2.05) is 0 Å². The molecule has 0 bridgehead atoms. The van der Waals surface area contributed by atoms with Crippen molar-refractivity contribution in [2.24, 2.45) is 5.92 Å². The number of esters is 1. The Hall–Kier alpha value is -1.06. The van der Waals surface area contributed by atoms with Crippen LogP contribution >= 0.6 is 0 Å². The lowest BCUT2D eigenvalue weighted by Crippen LogP contribution is -2.22. The summed E-state index contributed by atoms with van der Waals surface area (Å²) in [5.74, 6) is -1.02. The van der Waals surface area contributed by atoms with E-state index in [1.54, 1.807) is 0 Å². The lowest BCUT2D eigenvalue weighted by Gasteiger charge is -2.13. The summed E-state index contributed by atoms with van der Waals surface area (Å²) in [5, 5.41) is 8.48. The van der Waals surface area contributed by atoms with Crippen LogP contribution in [0.3, 0.4) is 0 Å². The molecule has 0 radical (unpaired) electrons. The van der Waals surface area contributed by atoms with E-state index >= 15 is 0 Å². The largest absolute Gasteiger partial charge is 0.481 e. The summed E-state index contributed by atoms with van der Waals surface area (Å²) in [6.07, 6.45) is 1.49. The van der Waals surface area contributed by atoms with Crippen LogP contribution in [0.2, 0.25) is 0 Å². The minimum Gasteiger partial charge on any atom is -0.481 e. The first-order chi connectivity index (χ1) is 5.59. The Balaban J connectivity index is 2.37. The summed E-state index contributed by atoms with van der Waals surface area (Å²) >= 11 is 0. The van der Waals surface area contributed by atoms with Crippen molar-refractivity contribution in [2.75, 3.05) is 0 Å². The molecule has 68 valence electrons. The second kappa shape index (κ2) is 3.56. The Kier molecular flexibility index (Phi) is 2.68. The van der Waals surface area contributed by atoms with Gasteiger partial charge in [-0.2, -0.15) is 0 Å². The van der Waals surface area contributed by atoms with Crippen molar-refractivity contribution in [1.29, 1.82) is 0 Å². The lowest BCUT2D eigenvalue weighted by atomic mass is 10.1. The van der Waals surface area contributed by atoms with Gasteiger partial charge in [-0.25, -0.2) is 0 Å². The fraction of sp³-hybridized carbons (Fsp3) is 0.750. The molecule has 1 rings (SSSR count). The van der Waals surface area contributed by atoms with Gasteiger partial charge >= 0.3 is 11.9 Å². The second-order valence-corrected chi connectivity index (χ2v) is 3.08. The van der Waals surface area contributed by atoms with Crippen molar-refractivity contribution in [3.63, 3.8) is 0 Å². The Morgan fingerprint density at radius 2 is 2.17 bits per heavy atom. The van der Waals surface area contributed by atoms with E-state index in [-0.39, 0.29) is 12.3 Å². The number of carboxylic acid groups (broad SMARTS) is 1. The number of carbonyl (C=O) groups is 2. The van der Waals surface area contributed by atoms with E-state index in [1.165, 1.54) is 6.92 Å². The fourth-order valence-corrected chi connectivity index (χ4v) is 1.16. The Morgan fingerprint density at radius 3 is 2.50 bits per heavy atom. The number of aliphatic carboxylic acids is 1. The summed E-state index contributed by atoms with van der Waals surface area (Å²) in [6, 6.07) is 0. The van der Waals surface area contributed by atoms with Crippen molar-refractivity contribution < 1.29 is 19.4 Å². The third-order valence-corrected chi connectivity index (χ3v) is 1.84. The van der Waals surface area contributed by atoms with Crippen molar-refractivity contribution in [2.45, 2.75) is 32.3 Å². The molecule has 1 N–H and O–H groups in total. The van der Waals surface area contributed by atoms with Gasteiger partial charge in [0.15, 0.2) is 0 Å². The SMILES string of the molecule is CC(=O)OC(CC(=O)O)C1CC1. The minimum atomic E-state index is -0.909. The van der Waals surface area contributed by atoms with Crippen molar-refractivity contribution >= 4 is 11.9 Å². The molecule has 1 unspecified atom stereocenters. The molecule has 12 heavy (non-hydrogen) atoms. The van der Waals surface area contributed by atoms with Crippen LogP contribution in [0.4, 0.5) is 0 Å². The fourth-order valence-electron chi connectivity index (χ4n) is 1.16. The van der Waals surface area contributed by atoms with Crippen LogP contribution in [0.25, 0.3) is 0 Å². The molecule has 0 aromatic rings. The van der Waals surface area contributed by atoms with Gasteiger partial charge in [0.25, 0.3) is 0 Å². The van der Waals surface area contributed by atoms with Gasteiger partial charge in [-0.15, -0.1) is 0 Å². The van der Waals surface area contributed by atoms with E-state index in [9.17, 15) is 9.59 Å². The molecule has 1 aliphatic carbocycles. The maximum atomic E-state index is 10.6. The molecule has 0 amide bonds. The number of carbonyl (C=O) groups excluding carboxylic acids is 1. The normalized spacial score (nSPS) is 18.4. The molecule has 1 aliphatic rings. The molecule has 0 aromatic heterocycles. The summed E-state index contributed by atoms with van der Waals surface area (Å²) in [4.78, 5) is 20.9. The molecule has 0 aliphatic heterocycles. The molecule has 4 heteroatoms. The summed E-state index contributed by atoms with van der Waals surface area (Å²) in [6.45, 7) is 1.30. The molecule has 1 atom stereocenters. The number of ether oxygens (including phenoxy) is 1. The number of rotatable bonds is 4. The van der Waals surface area contributed by atoms with Gasteiger partial charge in [0, 0.05) is 6.92 Å². The minimum absolute atomic E-state index is 0.0652. The predicted octanol–water partition coefficient (Wildman–Crippen LogP) is 0.803. The van der Waals surface area contributed by atoms with Gasteiger partial charge in [-0.1, -0.05) is 0 Å². The van der Waals surface area contributed by atoms with E-state index in [0.717, 1.165) is 12.8 Å². The van der Waals surface area contributed by atoms with Crippen LogP contribution in [0, 0.1) is 5.92 Å². The van der Waals surface area contributed by atoms with Crippen LogP contribution in [-0.2, 0) is 14.3 Å². The Morgan fingerprint density at radius 1 is 1.58 bits per heavy atom. The summed E-state index contributed by atoms with van der Waals surface area (Å²) in [7, 11) is 0. The highest BCUT2D eigenvalue weighted by Gasteiger charge is 2.34. The average molecular weight is 172 g/mol. The molecule has 0 heterocycles. The smallest absolute Gasteiger partial charge is 0.307 e. The standard InChI is InChI=1S/C8H12O4/c1-5(9)12-7(4-8(10)11)6-2-3-6/h6-7H,2-4H2,1H3,(H,10,11). The first-order valence-corrected chi connectivity index (χ1v) is 3.98. The molecular weight excluding hydrogens is 160 g/mol. The number of carboxylic acids is 1. The van der Waals surface area contributed by atoms with E-state index in [0.29, 0.717) is 0 Å². The van der Waals surface area contributed by atoms with Crippen molar-refractivity contribution in [1.82, 2.24) is 0 Å². The quantitative estimate of drug-likeness (QED) is 0.637. The predicted molar refractivity (Wildman–Crippen MR) is 40.5 cm³/mol. The summed E-state index contributed by atoms with van der Waals surface area (Å²) in [5.41, 5.74) is 0. The highest BCUT2D eigenvalue weighted by molar-refractivity contribution is 5.69. The van der Waals surface area contributed by atoms with Crippen LogP contribution < -0.4 is 0 Å². The first-order valence-electron chi connectivity index (χ1n) is 3.98. The summed E-state index contributed by atoms with van der Waals surface area (Å²) < 4.78 is 4.87. The number of hydrogen-bond donors (Lipinski definition) is 1. The zero-order valence-electron chi connectivity index (χ0n) is 6.95. The maximum Gasteiger partial charge on any atom is 0.307 e. The van der Waals surface area contributed by atoms with E-state index in [2.05, 4.69) is 0 Å². The monoisotopic (exact) mass is 172 g/mol. The van der Waals surface area contributed by atoms with Crippen LogP contribution in [0.5, 0.6) is 0 Å². The first kappa shape index (κ1) is 9.03. The van der Waals surface area contributed by atoms with Gasteiger partial charge in [0.2, 0.25) is 0 Å². The van der Waals surface area contributed by atoms with Crippen LogP contribution in [-0.4, -0.2) is 23.1 Å². The molecule has 1 fully saturated rings. The van der Waals surface area contributed by atoms with Crippen LogP contribution in [0.15, 0.2) is 0 Å². The van der Waals surface area contributed by atoms with Gasteiger partial charge in [0.1, 0.15) is 6.10 Å². The zero-order chi connectivity index (χ0) is 9.14. The second-order valence-electron chi connectivity index (χ2n) is 3.08. The van der Waals surface area contributed by atoms with Gasteiger partial charge in [-0.05, 0) is 18.8 Å². The molecule has 0 spiro atoms. The third-order valence-electron chi connectivity index (χ3n) is 1.84. The highest BCUT2D eigenvalue weighted by atomic mass is 16.5. The Bertz CT molecular complexity index is 179. The lowest BCUT2D eigenvalue weighted by molar-refractivity contribution is -0.151. The highest BCUT2D eigenvalue weighted by Crippen LogP contribution is 2.35. The molecule has 4 nitrogen and oxygen atoms in total. The Labute approximate surface area is 70.5 Å². The van der Waals surface area contributed by atoms with Crippen LogP contribution in [0.1, 0.15) is 26.2 Å². The third kappa shape index (κ3) is 2.90. The molecule has 0 saturated heterocycles. The van der Waals surface area contributed by atoms with Crippen molar-refractivity contribution in [3.05, 3.63) is 0 Å². The van der Waals surface area contributed by atoms with E-state index in [4.69, 9.17) is 9.84 Å². The average Bonchev–Trinajstić information content (AvgIpc) is 2.63. The van der Waals surface area contributed by atoms with Gasteiger partial charge < -0.3 is 9.84 Å². The topological polar surface area (TPSA) is 63.6 Å². The van der Waals surface area contributed by atoms with Gasteiger partial charge in [-0.3, -0.25) is 9.59 Å². The molecular formula is C8H12O4. The zero-order valence-corrected chi connectivity index (χ0v) is 6.95. The van der Waals surface area contributed by atoms with E-state index < -0.39 is 18.0 Å².